The predicted molar refractivity (Wildman–Crippen MR) is 84.3 cm³/mol. The number of hydrogen-bond donors (Lipinski definition) is 1. The Morgan fingerprint density at radius 3 is 2.70 bits per heavy atom. The van der Waals surface area contributed by atoms with Crippen molar-refractivity contribution in [2.24, 2.45) is 11.7 Å². The van der Waals surface area contributed by atoms with Gasteiger partial charge >= 0.3 is 0 Å². The molecule has 20 heavy (non-hydrogen) atoms. The lowest BCUT2D eigenvalue weighted by atomic mass is 10.1. The maximum Gasteiger partial charge on any atom is 0.0555 e. The SMILES string of the molecule is CC1CN(Cc2ccccc2C#CCN)CC1N(C)C. The Bertz CT molecular complexity index is 498. The maximum absolute atomic E-state index is 5.47. The Morgan fingerprint density at radius 1 is 1.30 bits per heavy atom. The van der Waals surface area contributed by atoms with Gasteiger partial charge in [-0.05, 0) is 31.6 Å². The highest BCUT2D eigenvalue weighted by molar-refractivity contribution is 5.41. The first-order valence-corrected chi connectivity index (χ1v) is 7.27. The zero-order valence-electron chi connectivity index (χ0n) is 12.8. The van der Waals surface area contributed by atoms with E-state index in [4.69, 9.17) is 5.73 Å². The Balaban J connectivity index is 2.08. The first kappa shape index (κ1) is 15.1. The van der Waals surface area contributed by atoms with Crippen molar-refractivity contribution in [3.05, 3.63) is 35.4 Å². The number of hydrogen-bond acceptors (Lipinski definition) is 3. The van der Waals surface area contributed by atoms with Gasteiger partial charge in [0.15, 0.2) is 0 Å². The van der Waals surface area contributed by atoms with Crippen molar-refractivity contribution >= 4 is 0 Å². The fourth-order valence-corrected chi connectivity index (χ4v) is 3.02. The van der Waals surface area contributed by atoms with Gasteiger partial charge in [0.25, 0.3) is 0 Å². The molecule has 3 nitrogen and oxygen atoms in total. The molecule has 2 rings (SSSR count). The van der Waals surface area contributed by atoms with Crippen molar-refractivity contribution in [1.29, 1.82) is 0 Å². The van der Waals surface area contributed by atoms with Crippen LogP contribution in [0.1, 0.15) is 18.1 Å². The third-order valence-corrected chi connectivity index (χ3v) is 4.05. The van der Waals surface area contributed by atoms with E-state index in [1.165, 1.54) is 5.56 Å². The summed E-state index contributed by atoms with van der Waals surface area (Å²) in [5.74, 6) is 6.85. The van der Waals surface area contributed by atoms with Gasteiger partial charge in [-0.25, -0.2) is 0 Å². The molecule has 2 N–H and O–H groups in total. The van der Waals surface area contributed by atoms with Gasteiger partial charge in [-0.2, -0.15) is 0 Å². The van der Waals surface area contributed by atoms with Crippen LogP contribution in [0.15, 0.2) is 24.3 Å². The van der Waals surface area contributed by atoms with Crippen molar-refractivity contribution in [3.8, 4) is 11.8 Å². The second kappa shape index (κ2) is 6.90. The van der Waals surface area contributed by atoms with Crippen molar-refractivity contribution in [2.75, 3.05) is 33.7 Å². The minimum absolute atomic E-state index is 0.414. The molecule has 2 atom stereocenters. The van der Waals surface area contributed by atoms with E-state index in [2.05, 4.69) is 60.9 Å². The van der Waals surface area contributed by atoms with Crippen molar-refractivity contribution in [2.45, 2.75) is 19.5 Å². The van der Waals surface area contributed by atoms with E-state index in [0.717, 1.165) is 25.2 Å². The monoisotopic (exact) mass is 271 g/mol. The highest BCUT2D eigenvalue weighted by Crippen LogP contribution is 2.22. The van der Waals surface area contributed by atoms with E-state index in [1.54, 1.807) is 0 Å². The predicted octanol–water partition coefficient (Wildman–Crippen LogP) is 1.38. The standard InChI is InChI=1S/C17H25N3/c1-14-11-20(13-17(14)19(2)3)12-16-8-5-4-7-15(16)9-6-10-18/h4-5,7-8,14,17H,10-13,18H2,1-3H3. The van der Waals surface area contributed by atoms with Gasteiger partial charge < -0.3 is 10.6 Å². The average molecular weight is 271 g/mol. The highest BCUT2D eigenvalue weighted by Gasteiger charge is 2.30. The molecule has 2 unspecified atom stereocenters. The lowest BCUT2D eigenvalue weighted by Gasteiger charge is -2.22. The molecule has 3 heteroatoms. The number of nitrogens with zero attached hydrogens (tertiary/aromatic N) is 2. The second-order valence-electron chi connectivity index (χ2n) is 5.87. The molecule has 0 aromatic heterocycles. The van der Waals surface area contributed by atoms with E-state index in [0.29, 0.717) is 18.5 Å². The minimum atomic E-state index is 0.414. The number of benzene rings is 1. The van der Waals surface area contributed by atoms with Gasteiger partial charge in [-0.3, -0.25) is 4.90 Å². The fourth-order valence-electron chi connectivity index (χ4n) is 3.02. The summed E-state index contributed by atoms with van der Waals surface area (Å²) in [6, 6.07) is 9.04. The van der Waals surface area contributed by atoms with Crippen LogP contribution in [0.5, 0.6) is 0 Å². The summed E-state index contributed by atoms with van der Waals surface area (Å²) in [5, 5.41) is 0. The van der Waals surface area contributed by atoms with Crippen LogP contribution in [0.3, 0.4) is 0 Å². The van der Waals surface area contributed by atoms with Crippen LogP contribution < -0.4 is 5.73 Å². The normalized spacial score (nSPS) is 22.9. The number of likely N-dealkylation sites (tertiary alicyclic amines) is 1. The van der Waals surface area contributed by atoms with Crippen molar-refractivity contribution in [1.82, 2.24) is 9.80 Å². The van der Waals surface area contributed by atoms with Crippen LogP contribution in [0.2, 0.25) is 0 Å². The molecule has 1 aliphatic heterocycles. The van der Waals surface area contributed by atoms with E-state index in [1.807, 2.05) is 6.07 Å². The number of rotatable bonds is 3. The minimum Gasteiger partial charge on any atom is -0.320 e. The lowest BCUT2D eigenvalue weighted by molar-refractivity contribution is 0.250. The molecule has 1 aromatic rings. The maximum atomic E-state index is 5.47. The van der Waals surface area contributed by atoms with Crippen LogP contribution >= 0.6 is 0 Å². The van der Waals surface area contributed by atoms with E-state index < -0.39 is 0 Å². The molecule has 1 fully saturated rings. The molecular weight excluding hydrogens is 246 g/mol. The van der Waals surface area contributed by atoms with Crippen LogP contribution in [0, 0.1) is 17.8 Å². The Hall–Kier alpha value is -1.34. The largest absolute Gasteiger partial charge is 0.320 e. The molecule has 0 aliphatic carbocycles. The van der Waals surface area contributed by atoms with Crippen LogP contribution in [-0.4, -0.2) is 49.6 Å². The van der Waals surface area contributed by atoms with Crippen LogP contribution in [0.4, 0.5) is 0 Å². The van der Waals surface area contributed by atoms with Gasteiger partial charge in [0.1, 0.15) is 0 Å². The third kappa shape index (κ3) is 3.61. The summed E-state index contributed by atoms with van der Waals surface area (Å²) in [6.07, 6.45) is 0. The molecule has 1 saturated heterocycles. The van der Waals surface area contributed by atoms with Gasteiger partial charge in [-0.1, -0.05) is 37.0 Å². The molecule has 108 valence electrons. The van der Waals surface area contributed by atoms with Crippen LogP contribution in [0.25, 0.3) is 0 Å². The van der Waals surface area contributed by atoms with Crippen molar-refractivity contribution in [3.63, 3.8) is 0 Å². The molecule has 0 bridgehead atoms. The summed E-state index contributed by atoms with van der Waals surface area (Å²) in [4.78, 5) is 4.86. The zero-order chi connectivity index (χ0) is 14.5. The summed E-state index contributed by atoms with van der Waals surface area (Å²) in [5.41, 5.74) is 7.89. The molecule has 1 aliphatic rings. The quantitative estimate of drug-likeness (QED) is 0.843. The van der Waals surface area contributed by atoms with Gasteiger partial charge in [-0.15, -0.1) is 0 Å². The first-order valence-electron chi connectivity index (χ1n) is 7.27. The first-order chi connectivity index (χ1) is 9.61. The van der Waals surface area contributed by atoms with Gasteiger partial charge in [0.05, 0.1) is 6.54 Å². The smallest absolute Gasteiger partial charge is 0.0555 e. The summed E-state index contributed by atoms with van der Waals surface area (Å²) in [6.45, 7) is 6.01. The molecule has 1 aromatic carbocycles. The molecular formula is C17H25N3. The number of likely N-dealkylation sites (N-methyl/N-ethyl adjacent to an activating group) is 1. The topological polar surface area (TPSA) is 32.5 Å². The molecule has 0 radical (unpaired) electrons. The summed E-state index contributed by atoms with van der Waals surface area (Å²) < 4.78 is 0. The number of nitrogens with two attached hydrogens (primary N) is 1. The summed E-state index contributed by atoms with van der Waals surface area (Å²) in [7, 11) is 4.34. The lowest BCUT2D eigenvalue weighted by Crippen LogP contribution is -2.34. The molecule has 0 amide bonds. The fraction of sp³-hybridized carbons (Fsp3) is 0.529. The molecule has 0 spiro atoms. The van der Waals surface area contributed by atoms with Gasteiger partial charge in [0, 0.05) is 31.2 Å². The van der Waals surface area contributed by atoms with Gasteiger partial charge in [0.2, 0.25) is 0 Å². The highest BCUT2D eigenvalue weighted by atomic mass is 15.2. The zero-order valence-corrected chi connectivity index (χ0v) is 12.8. The van der Waals surface area contributed by atoms with Crippen molar-refractivity contribution < 1.29 is 0 Å². The Kier molecular flexibility index (Phi) is 5.19. The Labute approximate surface area is 122 Å². The second-order valence-corrected chi connectivity index (χ2v) is 5.87. The average Bonchev–Trinajstić information content (AvgIpc) is 2.79. The molecule has 0 saturated carbocycles. The van der Waals surface area contributed by atoms with E-state index >= 15 is 0 Å². The van der Waals surface area contributed by atoms with E-state index in [-0.39, 0.29) is 0 Å². The molecule has 1 heterocycles. The van der Waals surface area contributed by atoms with E-state index in [9.17, 15) is 0 Å². The Morgan fingerprint density at radius 2 is 2.05 bits per heavy atom. The third-order valence-electron chi connectivity index (χ3n) is 4.05. The summed E-state index contributed by atoms with van der Waals surface area (Å²) >= 11 is 0. The van der Waals surface area contributed by atoms with Crippen LogP contribution in [-0.2, 0) is 6.54 Å².